The van der Waals surface area contributed by atoms with E-state index >= 15 is 0 Å². The minimum atomic E-state index is -3.79. The van der Waals surface area contributed by atoms with Crippen LogP contribution in [0, 0.1) is 6.92 Å². The van der Waals surface area contributed by atoms with Crippen molar-refractivity contribution < 1.29 is 8.42 Å². The summed E-state index contributed by atoms with van der Waals surface area (Å²) in [6.07, 6.45) is 1.16. The Morgan fingerprint density at radius 3 is 2.52 bits per heavy atom. The van der Waals surface area contributed by atoms with Gasteiger partial charge in [0.15, 0.2) is 0 Å². The first-order chi connectivity index (χ1) is 9.87. The summed E-state index contributed by atoms with van der Waals surface area (Å²) in [6.45, 7) is 3.86. The number of sulfonamides is 1. The highest BCUT2D eigenvalue weighted by molar-refractivity contribution is 7.92. The summed E-state index contributed by atoms with van der Waals surface area (Å²) >= 11 is 5.72. The van der Waals surface area contributed by atoms with Gasteiger partial charge in [0.2, 0.25) is 0 Å². The molecule has 2 rings (SSSR count). The maximum Gasteiger partial charge on any atom is 0.266 e. The summed E-state index contributed by atoms with van der Waals surface area (Å²) in [5, 5.41) is -0.156. The minimum absolute atomic E-state index is 0.0443. The normalized spacial score (nSPS) is 11.4. The van der Waals surface area contributed by atoms with Crippen LogP contribution in [0.25, 0.3) is 0 Å². The molecule has 5 nitrogen and oxygen atoms in total. The number of pyridine rings is 1. The predicted octanol–water partition coefficient (Wildman–Crippen LogP) is 2.55. The van der Waals surface area contributed by atoms with Gasteiger partial charge in [-0.2, -0.15) is 0 Å². The molecule has 0 saturated heterocycles. The molecule has 7 heteroatoms. The van der Waals surface area contributed by atoms with E-state index in [2.05, 4.69) is 4.98 Å². The Bertz CT molecular complexity index is 815. The van der Waals surface area contributed by atoms with Gasteiger partial charge in [0.1, 0.15) is 9.92 Å². The molecule has 21 heavy (non-hydrogen) atoms. The number of hydrogen-bond donors (Lipinski definition) is 1. The van der Waals surface area contributed by atoms with Crippen LogP contribution < -0.4 is 9.86 Å². The molecule has 0 aliphatic carbocycles. The molecule has 0 aliphatic rings. The van der Waals surface area contributed by atoms with E-state index in [1.54, 1.807) is 19.1 Å². The highest BCUT2D eigenvalue weighted by atomic mass is 35.5. The zero-order valence-corrected chi connectivity index (χ0v) is 13.2. The number of nitrogens with one attached hydrogen (secondary N) is 1. The van der Waals surface area contributed by atoms with Crippen molar-refractivity contribution in [1.29, 1.82) is 0 Å². The summed E-state index contributed by atoms with van der Waals surface area (Å²) in [5.41, 5.74) is 0.926. The van der Waals surface area contributed by atoms with Crippen molar-refractivity contribution in [2.24, 2.45) is 0 Å². The number of nitrogens with zero attached hydrogens (tertiary/aromatic N) is 1. The number of halogens is 1. The van der Waals surface area contributed by atoms with E-state index in [9.17, 15) is 13.2 Å². The van der Waals surface area contributed by atoms with Crippen LogP contribution in [-0.4, -0.2) is 19.9 Å². The Hall–Kier alpha value is -1.79. The Morgan fingerprint density at radius 1 is 1.29 bits per heavy atom. The standard InChI is InChI=1S/C14H15ClN2O3S/c1-3-17(13-7-5-4-6-10(13)2)21(19,20)11-8-12(15)14(18)16-9-11/h4-9H,3H2,1-2H3,(H,16,18). The van der Waals surface area contributed by atoms with Crippen LogP contribution >= 0.6 is 11.6 Å². The fraction of sp³-hybridized carbons (Fsp3) is 0.214. The van der Waals surface area contributed by atoms with E-state index in [1.165, 1.54) is 4.31 Å². The van der Waals surface area contributed by atoms with Crippen molar-refractivity contribution in [3.8, 4) is 0 Å². The number of hydrogen-bond acceptors (Lipinski definition) is 3. The second-order valence-corrected chi connectivity index (χ2v) is 6.74. The van der Waals surface area contributed by atoms with Crippen molar-refractivity contribution in [2.75, 3.05) is 10.8 Å². The third kappa shape index (κ3) is 2.96. The SMILES string of the molecule is CCN(c1ccccc1C)S(=O)(=O)c1c[nH]c(=O)c(Cl)c1. The summed E-state index contributed by atoms with van der Waals surface area (Å²) in [6, 6.07) is 8.37. The van der Waals surface area contributed by atoms with Crippen molar-refractivity contribution in [2.45, 2.75) is 18.7 Å². The molecule has 0 spiro atoms. The molecular weight excluding hydrogens is 312 g/mol. The molecule has 2 aromatic rings. The number of H-pyrrole nitrogens is 1. The van der Waals surface area contributed by atoms with E-state index in [-0.39, 0.29) is 16.5 Å². The van der Waals surface area contributed by atoms with Crippen molar-refractivity contribution in [1.82, 2.24) is 4.98 Å². The van der Waals surface area contributed by atoms with Gasteiger partial charge in [0.05, 0.1) is 5.69 Å². The summed E-state index contributed by atoms with van der Waals surface area (Å²) in [4.78, 5) is 13.5. The first-order valence-electron chi connectivity index (χ1n) is 6.34. The third-order valence-electron chi connectivity index (χ3n) is 3.09. The van der Waals surface area contributed by atoms with Crippen LogP contribution in [0.3, 0.4) is 0 Å². The average molecular weight is 327 g/mol. The number of para-hydroxylation sites is 1. The van der Waals surface area contributed by atoms with Gasteiger partial charge in [0.25, 0.3) is 15.6 Å². The Balaban J connectivity index is 2.57. The lowest BCUT2D eigenvalue weighted by Gasteiger charge is -2.24. The number of rotatable bonds is 4. The van der Waals surface area contributed by atoms with Crippen molar-refractivity contribution in [3.05, 3.63) is 57.5 Å². The Labute approximate surface area is 128 Å². The van der Waals surface area contributed by atoms with Crippen LogP contribution in [0.4, 0.5) is 5.69 Å². The topological polar surface area (TPSA) is 70.2 Å². The number of benzene rings is 1. The number of anilines is 1. The maximum atomic E-state index is 12.7. The molecular formula is C14H15ClN2O3S. The summed E-state index contributed by atoms with van der Waals surface area (Å²) < 4.78 is 26.7. The molecule has 1 heterocycles. The van der Waals surface area contributed by atoms with Crippen molar-refractivity contribution >= 4 is 27.3 Å². The molecule has 0 aliphatic heterocycles. The van der Waals surface area contributed by atoms with E-state index < -0.39 is 15.6 Å². The molecule has 0 saturated carbocycles. The minimum Gasteiger partial charge on any atom is -0.326 e. The van der Waals surface area contributed by atoms with Gasteiger partial charge in [-0.25, -0.2) is 8.42 Å². The van der Waals surface area contributed by atoms with E-state index in [1.807, 2.05) is 19.1 Å². The van der Waals surface area contributed by atoms with E-state index in [0.29, 0.717) is 5.69 Å². The van der Waals surface area contributed by atoms with Gasteiger partial charge in [-0.1, -0.05) is 29.8 Å². The van der Waals surface area contributed by atoms with E-state index in [4.69, 9.17) is 11.6 Å². The predicted molar refractivity (Wildman–Crippen MR) is 83.5 cm³/mol. The molecule has 0 bridgehead atoms. The molecule has 0 radical (unpaired) electrons. The maximum absolute atomic E-state index is 12.7. The van der Waals surface area contributed by atoms with Gasteiger partial charge in [-0.05, 0) is 31.5 Å². The van der Waals surface area contributed by atoms with Gasteiger partial charge in [-0.3, -0.25) is 9.10 Å². The number of aromatic amines is 1. The molecule has 1 aromatic carbocycles. The molecule has 1 aromatic heterocycles. The fourth-order valence-electron chi connectivity index (χ4n) is 2.03. The molecule has 0 unspecified atom stereocenters. The average Bonchev–Trinajstić information content (AvgIpc) is 2.44. The summed E-state index contributed by atoms with van der Waals surface area (Å²) in [7, 11) is -3.79. The Kier molecular flexibility index (Phi) is 4.39. The second-order valence-electron chi connectivity index (χ2n) is 4.47. The molecule has 0 atom stereocenters. The number of aryl methyl sites for hydroxylation is 1. The van der Waals surface area contributed by atoms with Gasteiger partial charge in [0, 0.05) is 12.7 Å². The zero-order chi connectivity index (χ0) is 15.6. The molecule has 0 amide bonds. The van der Waals surface area contributed by atoms with Crippen LogP contribution in [0.1, 0.15) is 12.5 Å². The highest BCUT2D eigenvalue weighted by Gasteiger charge is 2.25. The van der Waals surface area contributed by atoms with Crippen LogP contribution in [0.5, 0.6) is 0 Å². The third-order valence-corrected chi connectivity index (χ3v) is 5.24. The lowest BCUT2D eigenvalue weighted by atomic mass is 10.2. The van der Waals surface area contributed by atoms with E-state index in [0.717, 1.165) is 17.8 Å². The lowest BCUT2D eigenvalue weighted by Crippen LogP contribution is -2.31. The highest BCUT2D eigenvalue weighted by Crippen LogP contribution is 2.26. The van der Waals surface area contributed by atoms with Gasteiger partial charge in [-0.15, -0.1) is 0 Å². The van der Waals surface area contributed by atoms with Crippen LogP contribution in [0.2, 0.25) is 5.02 Å². The van der Waals surface area contributed by atoms with Gasteiger partial charge < -0.3 is 4.98 Å². The van der Waals surface area contributed by atoms with Crippen LogP contribution in [-0.2, 0) is 10.0 Å². The fourth-order valence-corrected chi connectivity index (χ4v) is 3.80. The largest absolute Gasteiger partial charge is 0.326 e. The number of aromatic nitrogens is 1. The lowest BCUT2D eigenvalue weighted by molar-refractivity contribution is 0.591. The first-order valence-corrected chi connectivity index (χ1v) is 8.16. The quantitative estimate of drug-likeness (QED) is 0.938. The second kappa shape index (κ2) is 5.91. The molecule has 0 fully saturated rings. The zero-order valence-electron chi connectivity index (χ0n) is 11.6. The summed E-state index contributed by atoms with van der Waals surface area (Å²) in [5.74, 6) is 0. The smallest absolute Gasteiger partial charge is 0.266 e. The van der Waals surface area contributed by atoms with Crippen molar-refractivity contribution in [3.63, 3.8) is 0 Å². The van der Waals surface area contributed by atoms with Crippen LogP contribution in [0.15, 0.2) is 46.2 Å². The molecule has 112 valence electrons. The first kappa shape index (κ1) is 15.6. The van der Waals surface area contributed by atoms with Gasteiger partial charge >= 0.3 is 0 Å². The molecule has 1 N–H and O–H groups in total. The Morgan fingerprint density at radius 2 is 1.95 bits per heavy atom. The monoisotopic (exact) mass is 326 g/mol.